The number of hydrogen-bond acceptors (Lipinski definition) is 5. The Hall–Kier alpha value is -2.41. The average Bonchev–Trinajstić information content (AvgIpc) is 2.94. The van der Waals surface area contributed by atoms with Crippen molar-refractivity contribution >= 4 is 11.0 Å². The van der Waals surface area contributed by atoms with Crippen molar-refractivity contribution in [2.45, 2.75) is 18.3 Å². The van der Waals surface area contributed by atoms with Crippen molar-refractivity contribution in [3.05, 3.63) is 34.5 Å². The van der Waals surface area contributed by atoms with Crippen LogP contribution in [0.3, 0.4) is 0 Å². The molecule has 0 bridgehead atoms. The van der Waals surface area contributed by atoms with Gasteiger partial charge in [0, 0.05) is 7.11 Å². The van der Waals surface area contributed by atoms with E-state index in [2.05, 4.69) is 20.1 Å². The van der Waals surface area contributed by atoms with Gasteiger partial charge in [0.2, 0.25) is 0 Å². The maximum Gasteiger partial charge on any atom is 0.323 e. The molecular weight excluding hydrogens is 272 g/mol. The third kappa shape index (κ3) is 1.89. The molecule has 1 saturated carbocycles. The first-order valence-corrected chi connectivity index (χ1v) is 6.76. The summed E-state index contributed by atoms with van der Waals surface area (Å²) in [5.41, 5.74) is 1.76. The SMILES string of the molecule is COCC1(c2noc(-c3cccc4[nH]c(=O)[nH]c34)n2)CC1. The first-order valence-electron chi connectivity index (χ1n) is 6.76. The lowest BCUT2D eigenvalue weighted by molar-refractivity contribution is 0.167. The molecule has 0 saturated heterocycles. The summed E-state index contributed by atoms with van der Waals surface area (Å²) < 4.78 is 10.6. The molecule has 0 amide bonds. The standard InChI is InChI=1S/C14H14N4O3/c1-20-7-14(5-6-14)12-17-11(21-18-12)8-3-2-4-9-10(8)16-13(19)15-9/h2-4H,5-7H2,1H3,(H2,15,16,19). The van der Waals surface area contributed by atoms with Gasteiger partial charge in [-0.15, -0.1) is 0 Å². The Balaban J connectivity index is 1.80. The number of para-hydroxylation sites is 1. The first kappa shape index (κ1) is 12.3. The summed E-state index contributed by atoms with van der Waals surface area (Å²) in [7, 11) is 1.67. The number of rotatable bonds is 4. The van der Waals surface area contributed by atoms with Gasteiger partial charge in [-0.25, -0.2) is 4.79 Å². The van der Waals surface area contributed by atoms with Gasteiger partial charge in [-0.2, -0.15) is 4.98 Å². The second-order valence-corrected chi connectivity index (χ2v) is 5.44. The topological polar surface area (TPSA) is 96.8 Å². The van der Waals surface area contributed by atoms with E-state index in [0.717, 1.165) is 23.9 Å². The van der Waals surface area contributed by atoms with Crippen LogP contribution in [0.15, 0.2) is 27.5 Å². The molecule has 1 fully saturated rings. The van der Waals surface area contributed by atoms with Crippen molar-refractivity contribution < 1.29 is 9.26 Å². The summed E-state index contributed by atoms with van der Waals surface area (Å²) in [6, 6.07) is 5.51. The van der Waals surface area contributed by atoms with Crippen molar-refractivity contribution in [3.63, 3.8) is 0 Å². The van der Waals surface area contributed by atoms with Crippen LogP contribution in [0, 0.1) is 0 Å². The Morgan fingerprint density at radius 2 is 2.24 bits per heavy atom. The summed E-state index contributed by atoms with van der Waals surface area (Å²) in [5.74, 6) is 1.09. The number of aromatic nitrogens is 4. The molecule has 108 valence electrons. The Labute approximate surface area is 119 Å². The summed E-state index contributed by atoms with van der Waals surface area (Å²) in [5, 5.41) is 4.09. The van der Waals surface area contributed by atoms with Gasteiger partial charge < -0.3 is 19.2 Å². The van der Waals surface area contributed by atoms with Crippen LogP contribution < -0.4 is 5.69 Å². The molecule has 0 aliphatic heterocycles. The van der Waals surface area contributed by atoms with E-state index in [1.54, 1.807) is 7.11 Å². The van der Waals surface area contributed by atoms with Crippen molar-refractivity contribution in [1.82, 2.24) is 20.1 Å². The molecule has 4 rings (SSSR count). The van der Waals surface area contributed by atoms with Crippen LogP contribution in [0.25, 0.3) is 22.5 Å². The van der Waals surface area contributed by atoms with E-state index in [0.29, 0.717) is 23.8 Å². The smallest absolute Gasteiger partial charge is 0.323 e. The van der Waals surface area contributed by atoms with Gasteiger partial charge in [0.15, 0.2) is 5.82 Å². The largest absolute Gasteiger partial charge is 0.384 e. The summed E-state index contributed by atoms with van der Waals surface area (Å²) >= 11 is 0. The van der Waals surface area contributed by atoms with E-state index in [1.165, 1.54) is 0 Å². The molecule has 2 aromatic heterocycles. The van der Waals surface area contributed by atoms with Crippen LogP contribution in [-0.2, 0) is 10.2 Å². The lowest BCUT2D eigenvalue weighted by Gasteiger charge is -2.07. The molecule has 1 aliphatic carbocycles. The summed E-state index contributed by atoms with van der Waals surface area (Å²) in [6.07, 6.45) is 2.01. The minimum atomic E-state index is -0.254. The molecule has 3 aromatic rings. The molecule has 0 atom stereocenters. The van der Waals surface area contributed by atoms with Crippen molar-refractivity contribution in [1.29, 1.82) is 0 Å². The molecule has 2 N–H and O–H groups in total. The minimum absolute atomic E-state index is 0.101. The van der Waals surface area contributed by atoms with E-state index in [-0.39, 0.29) is 11.1 Å². The van der Waals surface area contributed by atoms with Gasteiger partial charge in [-0.3, -0.25) is 0 Å². The van der Waals surface area contributed by atoms with Crippen LogP contribution in [-0.4, -0.2) is 33.8 Å². The molecule has 0 unspecified atom stereocenters. The molecule has 1 aliphatic rings. The molecular formula is C14H14N4O3. The predicted molar refractivity (Wildman–Crippen MR) is 75.0 cm³/mol. The van der Waals surface area contributed by atoms with Gasteiger partial charge in [-0.1, -0.05) is 11.2 Å². The van der Waals surface area contributed by atoms with E-state index in [9.17, 15) is 4.79 Å². The molecule has 0 spiro atoms. The van der Waals surface area contributed by atoms with Crippen LogP contribution in [0.2, 0.25) is 0 Å². The van der Waals surface area contributed by atoms with Gasteiger partial charge >= 0.3 is 5.69 Å². The van der Waals surface area contributed by atoms with E-state index in [1.807, 2.05) is 18.2 Å². The molecule has 2 heterocycles. The van der Waals surface area contributed by atoms with Crippen molar-refractivity contribution in [2.24, 2.45) is 0 Å². The normalized spacial score (nSPS) is 16.4. The monoisotopic (exact) mass is 286 g/mol. The molecule has 1 aromatic carbocycles. The van der Waals surface area contributed by atoms with Crippen LogP contribution >= 0.6 is 0 Å². The van der Waals surface area contributed by atoms with Crippen molar-refractivity contribution in [3.8, 4) is 11.5 Å². The number of methoxy groups -OCH3 is 1. The molecule has 7 heteroatoms. The maximum absolute atomic E-state index is 11.4. The second-order valence-electron chi connectivity index (χ2n) is 5.44. The van der Waals surface area contributed by atoms with Gasteiger partial charge in [0.05, 0.1) is 28.6 Å². The van der Waals surface area contributed by atoms with E-state index in [4.69, 9.17) is 9.26 Å². The van der Waals surface area contributed by atoms with Crippen LogP contribution in [0.4, 0.5) is 0 Å². The molecule has 7 nitrogen and oxygen atoms in total. The number of imidazole rings is 1. The first-order chi connectivity index (χ1) is 10.2. The number of hydrogen-bond donors (Lipinski definition) is 2. The van der Waals surface area contributed by atoms with E-state index >= 15 is 0 Å². The fourth-order valence-corrected chi connectivity index (χ4v) is 2.64. The highest BCUT2D eigenvalue weighted by atomic mass is 16.5. The maximum atomic E-state index is 11.4. The number of nitrogens with one attached hydrogen (secondary N) is 2. The Morgan fingerprint density at radius 3 is 3.00 bits per heavy atom. The Morgan fingerprint density at radius 1 is 1.38 bits per heavy atom. The zero-order chi connectivity index (χ0) is 14.4. The van der Waals surface area contributed by atoms with Gasteiger partial charge in [-0.05, 0) is 25.0 Å². The summed E-state index contributed by atoms with van der Waals surface area (Å²) in [6.45, 7) is 0.594. The fourth-order valence-electron chi connectivity index (χ4n) is 2.64. The lowest BCUT2D eigenvalue weighted by atomic mass is 10.1. The Kier molecular flexibility index (Phi) is 2.52. The number of ether oxygens (including phenoxy) is 1. The number of aromatic amines is 2. The minimum Gasteiger partial charge on any atom is -0.384 e. The highest BCUT2D eigenvalue weighted by Crippen LogP contribution is 2.47. The number of fused-ring (bicyclic) bond motifs is 1. The third-order valence-corrected chi connectivity index (χ3v) is 3.96. The number of H-pyrrole nitrogens is 2. The number of benzene rings is 1. The third-order valence-electron chi connectivity index (χ3n) is 3.96. The quantitative estimate of drug-likeness (QED) is 0.759. The molecule has 0 radical (unpaired) electrons. The van der Waals surface area contributed by atoms with E-state index < -0.39 is 0 Å². The summed E-state index contributed by atoms with van der Waals surface area (Å²) in [4.78, 5) is 21.4. The second kappa shape index (κ2) is 4.29. The predicted octanol–water partition coefficient (Wildman–Crippen LogP) is 1.58. The Bertz CT molecular complexity index is 856. The van der Waals surface area contributed by atoms with Crippen LogP contribution in [0.1, 0.15) is 18.7 Å². The molecule has 21 heavy (non-hydrogen) atoms. The van der Waals surface area contributed by atoms with Crippen molar-refractivity contribution in [2.75, 3.05) is 13.7 Å². The zero-order valence-corrected chi connectivity index (χ0v) is 11.5. The highest BCUT2D eigenvalue weighted by molar-refractivity contribution is 5.89. The van der Waals surface area contributed by atoms with Gasteiger partial charge in [0.25, 0.3) is 5.89 Å². The average molecular weight is 286 g/mol. The fraction of sp³-hybridized carbons (Fsp3) is 0.357. The lowest BCUT2D eigenvalue weighted by Crippen LogP contribution is -2.15. The highest BCUT2D eigenvalue weighted by Gasteiger charge is 2.48. The van der Waals surface area contributed by atoms with Crippen LogP contribution in [0.5, 0.6) is 0 Å². The van der Waals surface area contributed by atoms with Gasteiger partial charge in [0.1, 0.15) is 0 Å². The number of nitrogens with zero attached hydrogens (tertiary/aromatic N) is 2. The zero-order valence-electron chi connectivity index (χ0n) is 11.5.